The molecule has 18 heavy (non-hydrogen) atoms. The Bertz CT molecular complexity index is 496. The molecular formula is C10H12F3NO3S. The summed E-state index contributed by atoms with van der Waals surface area (Å²) in [6, 6.07) is 3.71. The lowest BCUT2D eigenvalue weighted by molar-refractivity contribution is -0.0436. The lowest BCUT2D eigenvalue weighted by atomic mass is 10.1. The third-order valence-electron chi connectivity index (χ3n) is 2.27. The molecule has 0 aliphatic rings. The van der Waals surface area contributed by atoms with E-state index in [9.17, 15) is 21.6 Å². The van der Waals surface area contributed by atoms with Gasteiger partial charge in [0.15, 0.2) is 0 Å². The second-order valence-electron chi connectivity index (χ2n) is 3.74. The molecule has 1 unspecified atom stereocenters. The number of benzene rings is 1. The van der Waals surface area contributed by atoms with Gasteiger partial charge in [-0.25, -0.2) is 8.42 Å². The summed E-state index contributed by atoms with van der Waals surface area (Å²) in [5.41, 5.74) is 0.694. The van der Waals surface area contributed by atoms with Crippen LogP contribution in [-0.4, -0.2) is 31.7 Å². The first kappa shape index (κ1) is 14.9. The van der Waals surface area contributed by atoms with E-state index < -0.39 is 26.3 Å². The Morgan fingerprint density at radius 3 is 2.11 bits per heavy atom. The van der Waals surface area contributed by atoms with Crippen molar-refractivity contribution in [2.75, 3.05) is 6.61 Å². The number of hydrogen-bond donors (Lipinski definition) is 2. The van der Waals surface area contributed by atoms with E-state index in [-0.39, 0.29) is 13.0 Å². The first-order valence-corrected chi connectivity index (χ1v) is 6.43. The van der Waals surface area contributed by atoms with Crippen molar-refractivity contribution >= 4 is 9.84 Å². The molecule has 0 spiro atoms. The number of aliphatic hydroxyl groups is 1. The normalized spacial score (nSPS) is 14.5. The van der Waals surface area contributed by atoms with E-state index in [1.807, 2.05) is 0 Å². The second kappa shape index (κ2) is 5.25. The molecule has 0 fully saturated rings. The molecular weight excluding hydrogens is 271 g/mol. The van der Waals surface area contributed by atoms with Gasteiger partial charge >= 0.3 is 5.51 Å². The summed E-state index contributed by atoms with van der Waals surface area (Å²) in [7, 11) is -5.31. The number of hydrogen-bond acceptors (Lipinski definition) is 4. The molecule has 3 N–H and O–H groups in total. The van der Waals surface area contributed by atoms with Gasteiger partial charge in [0.25, 0.3) is 9.84 Å². The standard InChI is InChI=1S/C10H12F3NO3S/c11-10(12,13)18(16,17)9-3-1-7(2-4-9)5-8(14)6-15/h1-4,8,15H,5-6,14H2. The number of aliphatic hydroxyl groups excluding tert-OH is 1. The van der Waals surface area contributed by atoms with Gasteiger partial charge in [-0.3, -0.25) is 0 Å². The predicted molar refractivity (Wildman–Crippen MR) is 58.4 cm³/mol. The maximum atomic E-state index is 12.2. The Hall–Kier alpha value is -1.12. The summed E-state index contributed by atoms with van der Waals surface area (Å²) in [6.07, 6.45) is 0.253. The summed E-state index contributed by atoms with van der Waals surface area (Å²) in [5.74, 6) is 0. The van der Waals surface area contributed by atoms with Crippen molar-refractivity contribution in [3.63, 3.8) is 0 Å². The average molecular weight is 283 g/mol. The van der Waals surface area contributed by atoms with Crippen LogP contribution in [0.15, 0.2) is 29.2 Å². The highest BCUT2D eigenvalue weighted by atomic mass is 32.2. The minimum atomic E-state index is -5.31. The van der Waals surface area contributed by atoms with Crippen LogP contribution < -0.4 is 5.73 Å². The zero-order chi connectivity index (χ0) is 14.0. The van der Waals surface area contributed by atoms with Crippen LogP contribution in [0.25, 0.3) is 0 Å². The number of rotatable bonds is 4. The topological polar surface area (TPSA) is 80.4 Å². The molecule has 0 amide bonds. The molecule has 0 saturated heterocycles. The van der Waals surface area contributed by atoms with Gasteiger partial charge in [0, 0.05) is 6.04 Å². The average Bonchev–Trinajstić information content (AvgIpc) is 2.28. The molecule has 0 bridgehead atoms. The third kappa shape index (κ3) is 3.21. The first-order chi connectivity index (χ1) is 8.18. The van der Waals surface area contributed by atoms with Gasteiger partial charge in [-0.1, -0.05) is 12.1 Å². The van der Waals surface area contributed by atoms with E-state index in [4.69, 9.17) is 10.8 Å². The highest BCUT2D eigenvalue weighted by molar-refractivity contribution is 7.92. The summed E-state index contributed by atoms with van der Waals surface area (Å²) in [5, 5.41) is 8.72. The van der Waals surface area contributed by atoms with Crippen molar-refractivity contribution < 1.29 is 26.7 Å². The molecule has 8 heteroatoms. The summed E-state index contributed by atoms with van der Waals surface area (Å²) >= 11 is 0. The molecule has 1 atom stereocenters. The zero-order valence-electron chi connectivity index (χ0n) is 9.18. The van der Waals surface area contributed by atoms with E-state index in [1.54, 1.807) is 0 Å². The highest BCUT2D eigenvalue weighted by Gasteiger charge is 2.46. The van der Waals surface area contributed by atoms with Crippen molar-refractivity contribution in [2.24, 2.45) is 5.73 Å². The number of alkyl halides is 3. The molecule has 1 rings (SSSR count). The van der Waals surface area contributed by atoms with E-state index in [0.29, 0.717) is 5.56 Å². The number of halogens is 3. The van der Waals surface area contributed by atoms with Crippen molar-refractivity contribution in [3.05, 3.63) is 29.8 Å². The van der Waals surface area contributed by atoms with Crippen LogP contribution in [0, 0.1) is 0 Å². The lowest BCUT2D eigenvalue weighted by Crippen LogP contribution is -2.27. The SMILES string of the molecule is NC(CO)Cc1ccc(S(=O)(=O)C(F)(F)F)cc1. The summed E-state index contributed by atoms with van der Waals surface area (Å²) in [4.78, 5) is -0.809. The Kier molecular flexibility index (Phi) is 4.36. The third-order valence-corrected chi connectivity index (χ3v) is 3.77. The molecule has 0 aliphatic heterocycles. The fourth-order valence-electron chi connectivity index (χ4n) is 1.31. The number of nitrogens with two attached hydrogens (primary N) is 1. The van der Waals surface area contributed by atoms with Crippen molar-refractivity contribution in [1.82, 2.24) is 0 Å². The molecule has 4 nitrogen and oxygen atoms in total. The molecule has 0 saturated carbocycles. The lowest BCUT2D eigenvalue weighted by Gasteiger charge is -2.10. The summed E-state index contributed by atoms with van der Waals surface area (Å²) in [6.45, 7) is -0.261. The van der Waals surface area contributed by atoms with E-state index in [1.165, 1.54) is 12.1 Å². The highest BCUT2D eigenvalue weighted by Crippen LogP contribution is 2.30. The van der Waals surface area contributed by atoms with Gasteiger partial charge in [-0.05, 0) is 24.1 Å². The zero-order valence-corrected chi connectivity index (χ0v) is 10.0. The fraction of sp³-hybridized carbons (Fsp3) is 0.400. The summed E-state index contributed by atoms with van der Waals surface area (Å²) < 4.78 is 58.8. The Morgan fingerprint density at radius 2 is 1.72 bits per heavy atom. The van der Waals surface area contributed by atoms with Crippen LogP contribution in [0.3, 0.4) is 0 Å². The molecule has 0 aromatic heterocycles. The van der Waals surface area contributed by atoms with Gasteiger partial charge in [-0.15, -0.1) is 0 Å². The van der Waals surface area contributed by atoms with Gasteiger partial charge in [0.1, 0.15) is 0 Å². The van der Waals surface area contributed by atoms with Crippen molar-refractivity contribution in [2.45, 2.75) is 22.9 Å². The van der Waals surface area contributed by atoms with Crippen molar-refractivity contribution in [3.8, 4) is 0 Å². The van der Waals surface area contributed by atoms with Crippen LogP contribution in [0.1, 0.15) is 5.56 Å². The smallest absolute Gasteiger partial charge is 0.395 e. The maximum Gasteiger partial charge on any atom is 0.501 e. The molecule has 102 valence electrons. The molecule has 0 heterocycles. The van der Waals surface area contributed by atoms with Gasteiger partial charge in [-0.2, -0.15) is 13.2 Å². The quantitative estimate of drug-likeness (QED) is 0.858. The number of sulfone groups is 1. The van der Waals surface area contributed by atoms with E-state index in [0.717, 1.165) is 12.1 Å². The van der Waals surface area contributed by atoms with E-state index >= 15 is 0 Å². The van der Waals surface area contributed by atoms with Crippen LogP contribution in [0.2, 0.25) is 0 Å². The van der Waals surface area contributed by atoms with Gasteiger partial charge < -0.3 is 10.8 Å². The van der Waals surface area contributed by atoms with Crippen LogP contribution in [0.4, 0.5) is 13.2 Å². The maximum absolute atomic E-state index is 12.2. The van der Waals surface area contributed by atoms with E-state index in [2.05, 4.69) is 0 Å². The predicted octanol–water partition coefficient (Wildman–Crippen LogP) is 0.842. The molecule has 0 aliphatic carbocycles. The van der Waals surface area contributed by atoms with Crippen molar-refractivity contribution in [1.29, 1.82) is 0 Å². The van der Waals surface area contributed by atoms with Crippen LogP contribution >= 0.6 is 0 Å². The first-order valence-electron chi connectivity index (χ1n) is 4.95. The minimum absolute atomic E-state index is 0.253. The monoisotopic (exact) mass is 283 g/mol. The fourth-order valence-corrected chi connectivity index (χ4v) is 2.07. The van der Waals surface area contributed by atoms with Gasteiger partial charge in [0.05, 0.1) is 11.5 Å². The Balaban J connectivity index is 2.97. The molecule has 0 radical (unpaired) electrons. The van der Waals surface area contributed by atoms with Gasteiger partial charge in [0.2, 0.25) is 0 Å². The Labute approximate surface area is 102 Å². The van der Waals surface area contributed by atoms with Crippen LogP contribution in [0.5, 0.6) is 0 Å². The molecule has 1 aromatic rings. The molecule has 1 aromatic carbocycles. The Morgan fingerprint density at radius 1 is 1.22 bits per heavy atom. The largest absolute Gasteiger partial charge is 0.501 e. The van der Waals surface area contributed by atoms with Crippen LogP contribution in [-0.2, 0) is 16.3 Å². The minimum Gasteiger partial charge on any atom is -0.395 e. The second-order valence-corrected chi connectivity index (χ2v) is 5.68.